The van der Waals surface area contributed by atoms with Crippen LogP contribution in [-0.2, 0) is 22.1 Å². The third-order valence-electron chi connectivity index (χ3n) is 2.92. The van der Waals surface area contributed by atoms with E-state index in [-0.39, 0.29) is 30.6 Å². The molecule has 1 aromatic heterocycles. The van der Waals surface area contributed by atoms with Crippen LogP contribution in [0.1, 0.15) is 10.7 Å². The minimum Gasteiger partial charge on any atom is -0.332 e. The number of nitrogens with zero attached hydrogens (tertiary/aromatic N) is 2. The van der Waals surface area contributed by atoms with Crippen LogP contribution < -0.4 is 5.32 Å². The first-order valence-electron chi connectivity index (χ1n) is 6.15. The number of hydrogen-bond donors (Lipinski definition) is 1. The molecule has 0 aromatic carbocycles. The molecular formula is C11H17N3O3S3. The molecule has 0 spiro atoms. The molecule has 20 heavy (non-hydrogen) atoms. The summed E-state index contributed by atoms with van der Waals surface area (Å²) in [4.78, 5) is 17.9. The van der Waals surface area contributed by atoms with Crippen LogP contribution in [0.4, 0.5) is 4.79 Å². The summed E-state index contributed by atoms with van der Waals surface area (Å²) in [6.07, 6.45) is 2.02. The number of carbonyl (C=O) groups is 1. The van der Waals surface area contributed by atoms with E-state index in [1.54, 1.807) is 23.1 Å². The summed E-state index contributed by atoms with van der Waals surface area (Å²) in [6.45, 7) is 0.916. The molecule has 0 unspecified atom stereocenters. The molecule has 0 bridgehead atoms. The van der Waals surface area contributed by atoms with Crippen molar-refractivity contribution in [1.82, 2.24) is 15.2 Å². The van der Waals surface area contributed by atoms with Gasteiger partial charge in [0.25, 0.3) is 0 Å². The number of sulfone groups is 1. The fraction of sp³-hybridized carbons (Fsp3) is 0.636. The number of carbonyl (C=O) groups excluding carboxylic acids is 1. The molecule has 2 heterocycles. The van der Waals surface area contributed by atoms with Gasteiger partial charge in [0, 0.05) is 24.2 Å². The Kier molecular flexibility index (Phi) is 5.28. The molecule has 1 saturated heterocycles. The van der Waals surface area contributed by atoms with Gasteiger partial charge >= 0.3 is 6.03 Å². The normalized spacial score (nSPS) is 17.9. The van der Waals surface area contributed by atoms with Gasteiger partial charge in [0.1, 0.15) is 5.01 Å². The Balaban J connectivity index is 1.80. The molecule has 2 rings (SSSR count). The van der Waals surface area contributed by atoms with E-state index in [0.717, 1.165) is 16.5 Å². The standard InChI is InChI=1S/C11H17N3O3S3/c1-18-8-10-13-9(7-19-10)6-12-11(15)14-2-4-20(16,17)5-3-14/h7H,2-6,8H2,1H3,(H,12,15). The van der Waals surface area contributed by atoms with Crippen LogP contribution in [0.3, 0.4) is 0 Å². The number of urea groups is 1. The Morgan fingerprint density at radius 3 is 2.85 bits per heavy atom. The van der Waals surface area contributed by atoms with Crippen LogP contribution in [0, 0.1) is 0 Å². The van der Waals surface area contributed by atoms with Gasteiger partial charge in [-0.15, -0.1) is 11.3 Å². The Hall–Kier alpha value is -0.800. The minimum atomic E-state index is -2.95. The molecule has 9 heteroatoms. The second kappa shape index (κ2) is 6.77. The van der Waals surface area contributed by atoms with Crippen LogP contribution in [0.2, 0.25) is 0 Å². The maximum absolute atomic E-state index is 11.9. The summed E-state index contributed by atoms with van der Waals surface area (Å²) in [5.41, 5.74) is 0.844. The van der Waals surface area contributed by atoms with Crippen LogP contribution in [0.15, 0.2) is 5.38 Å². The topological polar surface area (TPSA) is 79.4 Å². The minimum absolute atomic E-state index is 0.0506. The number of thioether (sulfide) groups is 1. The molecule has 1 fully saturated rings. The average molecular weight is 335 g/mol. The number of rotatable bonds is 4. The molecule has 1 aromatic rings. The molecule has 2 amide bonds. The predicted octanol–water partition coefficient (Wildman–Crippen LogP) is 0.946. The molecule has 0 radical (unpaired) electrons. The van der Waals surface area contributed by atoms with E-state index in [9.17, 15) is 13.2 Å². The van der Waals surface area contributed by atoms with Crippen molar-refractivity contribution >= 4 is 39.0 Å². The Morgan fingerprint density at radius 2 is 2.20 bits per heavy atom. The molecule has 0 aliphatic carbocycles. The Bertz CT molecular complexity index is 556. The van der Waals surface area contributed by atoms with E-state index in [2.05, 4.69) is 10.3 Å². The largest absolute Gasteiger partial charge is 0.332 e. The fourth-order valence-corrected chi connectivity index (χ4v) is 4.53. The third-order valence-corrected chi connectivity index (χ3v) is 6.17. The quantitative estimate of drug-likeness (QED) is 0.886. The van der Waals surface area contributed by atoms with Gasteiger partial charge in [0.2, 0.25) is 0 Å². The fourth-order valence-electron chi connectivity index (χ4n) is 1.81. The smallest absolute Gasteiger partial charge is 0.317 e. The molecule has 112 valence electrons. The number of amides is 2. The summed E-state index contributed by atoms with van der Waals surface area (Å²) in [5.74, 6) is 0.979. The van der Waals surface area contributed by atoms with E-state index in [1.807, 2.05) is 11.6 Å². The summed E-state index contributed by atoms with van der Waals surface area (Å²) in [6, 6.07) is -0.223. The van der Waals surface area contributed by atoms with Crippen LogP contribution in [0.25, 0.3) is 0 Å². The summed E-state index contributed by atoms with van der Waals surface area (Å²) < 4.78 is 22.6. The van der Waals surface area contributed by atoms with Gasteiger partial charge in [-0.1, -0.05) is 0 Å². The highest BCUT2D eigenvalue weighted by molar-refractivity contribution is 7.97. The molecule has 0 saturated carbocycles. The second-order valence-electron chi connectivity index (χ2n) is 4.46. The van der Waals surface area contributed by atoms with Gasteiger partial charge in [-0.05, 0) is 6.26 Å². The van der Waals surface area contributed by atoms with E-state index in [0.29, 0.717) is 6.54 Å². The lowest BCUT2D eigenvalue weighted by Crippen LogP contribution is -2.48. The predicted molar refractivity (Wildman–Crippen MR) is 81.8 cm³/mol. The van der Waals surface area contributed by atoms with Crippen molar-refractivity contribution in [1.29, 1.82) is 0 Å². The Morgan fingerprint density at radius 1 is 1.50 bits per heavy atom. The van der Waals surface area contributed by atoms with Crippen LogP contribution in [-0.4, -0.2) is 55.2 Å². The number of hydrogen-bond acceptors (Lipinski definition) is 6. The number of nitrogens with one attached hydrogen (secondary N) is 1. The molecule has 1 aliphatic rings. The highest BCUT2D eigenvalue weighted by atomic mass is 32.2. The van der Waals surface area contributed by atoms with Gasteiger partial charge in [-0.3, -0.25) is 0 Å². The van der Waals surface area contributed by atoms with Crippen LogP contribution >= 0.6 is 23.1 Å². The van der Waals surface area contributed by atoms with Gasteiger partial charge < -0.3 is 10.2 Å². The van der Waals surface area contributed by atoms with Crippen molar-refractivity contribution in [2.24, 2.45) is 0 Å². The van der Waals surface area contributed by atoms with Gasteiger partial charge in [-0.2, -0.15) is 11.8 Å². The summed E-state index contributed by atoms with van der Waals surface area (Å²) in [7, 11) is -2.95. The lowest BCUT2D eigenvalue weighted by molar-refractivity contribution is 0.201. The van der Waals surface area contributed by atoms with E-state index >= 15 is 0 Å². The SMILES string of the molecule is CSCc1nc(CNC(=O)N2CCS(=O)(=O)CC2)cs1. The van der Waals surface area contributed by atoms with E-state index in [1.165, 1.54) is 4.90 Å². The maximum Gasteiger partial charge on any atom is 0.317 e. The zero-order valence-electron chi connectivity index (χ0n) is 11.2. The number of thiazole rings is 1. The summed E-state index contributed by atoms with van der Waals surface area (Å²) in [5, 5.41) is 5.77. The van der Waals surface area contributed by atoms with Crippen LogP contribution in [0.5, 0.6) is 0 Å². The molecular weight excluding hydrogens is 318 g/mol. The van der Waals surface area contributed by atoms with Crippen molar-refractivity contribution in [3.05, 3.63) is 16.1 Å². The van der Waals surface area contributed by atoms with Crippen molar-refractivity contribution in [3.63, 3.8) is 0 Å². The van der Waals surface area contributed by atoms with Gasteiger partial charge in [-0.25, -0.2) is 18.2 Å². The highest BCUT2D eigenvalue weighted by Gasteiger charge is 2.24. The first-order valence-corrected chi connectivity index (χ1v) is 10.2. The second-order valence-corrected chi connectivity index (χ2v) is 8.58. The zero-order chi connectivity index (χ0) is 14.6. The van der Waals surface area contributed by atoms with E-state index in [4.69, 9.17) is 0 Å². The molecule has 1 N–H and O–H groups in total. The monoisotopic (exact) mass is 335 g/mol. The molecule has 1 aliphatic heterocycles. The van der Waals surface area contributed by atoms with Crippen molar-refractivity contribution in [3.8, 4) is 0 Å². The van der Waals surface area contributed by atoms with Crippen molar-refractivity contribution < 1.29 is 13.2 Å². The number of aromatic nitrogens is 1. The third kappa shape index (κ3) is 4.35. The average Bonchev–Trinajstić information content (AvgIpc) is 2.84. The Labute approximate surface area is 126 Å². The lowest BCUT2D eigenvalue weighted by atomic mass is 10.4. The lowest BCUT2D eigenvalue weighted by Gasteiger charge is -2.26. The molecule has 0 atom stereocenters. The van der Waals surface area contributed by atoms with Crippen molar-refractivity contribution in [2.75, 3.05) is 30.9 Å². The first-order chi connectivity index (χ1) is 9.50. The first kappa shape index (κ1) is 15.6. The van der Waals surface area contributed by atoms with E-state index < -0.39 is 9.84 Å². The van der Waals surface area contributed by atoms with Gasteiger partial charge in [0.05, 0.1) is 23.7 Å². The highest BCUT2D eigenvalue weighted by Crippen LogP contribution is 2.15. The van der Waals surface area contributed by atoms with Crippen molar-refractivity contribution in [2.45, 2.75) is 12.3 Å². The summed E-state index contributed by atoms with van der Waals surface area (Å²) >= 11 is 3.30. The maximum atomic E-state index is 11.9. The van der Waals surface area contributed by atoms with Gasteiger partial charge in [0.15, 0.2) is 9.84 Å². The molecule has 6 nitrogen and oxygen atoms in total. The zero-order valence-corrected chi connectivity index (χ0v) is 13.6.